The summed E-state index contributed by atoms with van der Waals surface area (Å²) in [7, 11) is 0. The van der Waals surface area contributed by atoms with E-state index in [1.807, 2.05) is 6.07 Å². The lowest BCUT2D eigenvalue weighted by molar-refractivity contribution is 0.0251. The minimum absolute atomic E-state index is 0. The molecule has 1 atom stereocenters. The molecule has 2 fully saturated rings. The Bertz CT molecular complexity index is 449. The molecule has 3 heterocycles. The number of nitrogens with zero attached hydrogens (tertiary/aromatic N) is 1. The van der Waals surface area contributed by atoms with Crippen LogP contribution in [0.4, 0.5) is 5.69 Å². The van der Waals surface area contributed by atoms with E-state index in [9.17, 15) is 0 Å². The molecule has 7 heteroatoms. The predicted molar refractivity (Wildman–Crippen MR) is 87.6 cm³/mol. The highest BCUT2D eigenvalue weighted by molar-refractivity contribution is 6.29. The van der Waals surface area contributed by atoms with E-state index in [1.54, 1.807) is 0 Å². The van der Waals surface area contributed by atoms with Gasteiger partial charge in [-0.1, -0.05) is 11.6 Å². The Morgan fingerprint density at radius 2 is 2.00 bits per heavy atom. The molecule has 0 amide bonds. The molecule has 2 aliphatic heterocycles. The Morgan fingerprint density at radius 1 is 1.19 bits per heavy atom. The third-order valence-corrected chi connectivity index (χ3v) is 3.97. The van der Waals surface area contributed by atoms with Crippen molar-refractivity contribution in [2.24, 2.45) is 0 Å². The first-order valence-corrected chi connectivity index (χ1v) is 7.66. The summed E-state index contributed by atoms with van der Waals surface area (Å²) in [4.78, 5) is 4.40. The van der Waals surface area contributed by atoms with Crippen LogP contribution in [-0.2, 0) is 4.74 Å². The van der Waals surface area contributed by atoms with Gasteiger partial charge in [0.1, 0.15) is 11.3 Å². The van der Waals surface area contributed by atoms with E-state index in [2.05, 4.69) is 27.0 Å². The Hall–Kier alpha value is -0.590. The molecule has 2 aliphatic rings. The fourth-order valence-electron chi connectivity index (χ4n) is 2.72. The summed E-state index contributed by atoms with van der Waals surface area (Å²) in [5.41, 5.74) is 1.95. The second kappa shape index (κ2) is 8.15. The number of ether oxygens (including phenoxy) is 1. The predicted octanol–water partition coefficient (Wildman–Crippen LogP) is 1.98. The van der Waals surface area contributed by atoms with Crippen LogP contribution in [-0.4, -0.2) is 43.8 Å². The molecule has 1 aromatic rings. The van der Waals surface area contributed by atoms with Crippen LogP contribution in [0.3, 0.4) is 0 Å². The zero-order valence-electron chi connectivity index (χ0n) is 11.9. The van der Waals surface area contributed by atoms with Crippen molar-refractivity contribution >= 4 is 29.7 Å². The van der Waals surface area contributed by atoms with E-state index in [0.717, 1.165) is 57.0 Å². The smallest absolute Gasteiger partial charge is 0.131 e. The van der Waals surface area contributed by atoms with Gasteiger partial charge in [-0.05, 0) is 38.1 Å². The zero-order valence-corrected chi connectivity index (χ0v) is 13.5. The molecule has 1 aromatic heterocycles. The molecule has 21 heavy (non-hydrogen) atoms. The number of hydrogen-bond donors (Lipinski definition) is 3. The van der Waals surface area contributed by atoms with Crippen molar-refractivity contribution in [2.75, 3.05) is 38.1 Å². The fraction of sp³-hybridized carbons (Fsp3) is 0.643. The molecule has 2 saturated heterocycles. The minimum atomic E-state index is -0.00368. The number of anilines is 1. The number of hydrogen-bond acceptors (Lipinski definition) is 5. The van der Waals surface area contributed by atoms with E-state index >= 15 is 0 Å². The highest BCUT2D eigenvalue weighted by Gasteiger charge is 2.19. The molecule has 0 bridgehead atoms. The van der Waals surface area contributed by atoms with E-state index in [-0.39, 0.29) is 18.5 Å². The van der Waals surface area contributed by atoms with Crippen molar-refractivity contribution in [3.8, 4) is 0 Å². The van der Waals surface area contributed by atoms with Gasteiger partial charge in [0.15, 0.2) is 0 Å². The number of nitrogens with one attached hydrogen (secondary N) is 3. The summed E-state index contributed by atoms with van der Waals surface area (Å²) in [5, 5.41) is 10.8. The largest absolute Gasteiger partial charge is 0.382 e. The van der Waals surface area contributed by atoms with Crippen LogP contribution in [0.1, 0.15) is 24.6 Å². The van der Waals surface area contributed by atoms with Crippen molar-refractivity contribution in [1.29, 1.82) is 0 Å². The zero-order chi connectivity index (χ0) is 13.8. The SMILES string of the molecule is Cl.Clc1cc(NC2CCNCC2)cc(C2CNCCO2)n1. The van der Waals surface area contributed by atoms with Gasteiger partial charge in [0, 0.05) is 24.8 Å². The maximum absolute atomic E-state index is 6.15. The standard InChI is InChI=1S/C14H21ClN4O.ClH/c15-14-8-11(18-10-1-3-16-4-2-10)7-12(19-14)13-9-17-5-6-20-13;/h7-8,10,13,16-17H,1-6,9H2,(H,18,19);1H. The van der Waals surface area contributed by atoms with Gasteiger partial charge in [-0.25, -0.2) is 4.98 Å². The van der Waals surface area contributed by atoms with Crippen LogP contribution in [0.2, 0.25) is 5.15 Å². The fourth-order valence-corrected chi connectivity index (χ4v) is 2.94. The van der Waals surface area contributed by atoms with Gasteiger partial charge in [0.2, 0.25) is 0 Å². The first kappa shape index (κ1) is 16.8. The summed E-state index contributed by atoms with van der Waals surface area (Å²) in [6, 6.07) is 4.46. The van der Waals surface area contributed by atoms with Crippen molar-refractivity contribution in [2.45, 2.75) is 25.0 Å². The second-order valence-corrected chi connectivity index (χ2v) is 5.72. The molecule has 0 radical (unpaired) electrons. The van der Waals surface area contributed by atoms with Crippen LogP contribution >= 0.6 is 24.0 Å². The van der Waals surface area contributed by atoms with Crippen LogP contribution in [0, 0.1) is 0 Å². The summed E-state index contributed by atoms with van der Waals surface area (Å²) in [5.74, 6) is 0. The number of aromatic nitrogens is 1. The number of piperidine rings is 1. The molecule has 3 N–H and O–H groups in total. The van der Waals surface area contributed by atoms with Crippen molar-refractivity contribution in [1.82, 2.24) is 15.6 Å². The maximum Gasteiger partial charge on any atom is 0.131 e. The number of morpholine rings is 1. The Labute approximate surface area is 136 Å². The molecule has 118 valence electrons. The average Bonchev–Trinajstić information content (AvgIpc) is 2.49. The molecular weight excluding hydrogens is 311 g/mol. The van der Waals surface area contributed by atoms with Gasteiger partial charge >= 0.3 is 0 Å². The van der Waals surface area contributed by atoms with E-state index in [0.29, 0.717) is 11.2 Å². The number of pyridine rings is 1. The van der Waals surface area contributed by atoms with E-state index in [4.69, 9.17) is 16.3 Å². The summed E-state index contributed by atoms with van der Waals surface area (Å²) in [6.45, 7) is 4.55. The first-order valence-electron chi connectivity index (χ1n) is 7.28. The molecule has 5 nitrogen and oxygen atoms in total. The maximum atomic E-state index is 6.15. The number of halogens is 2. The van der Waals surface area contributed by atoms with Gasteiger partial charge in [-0.2, -0.15) is 0 Å². The Morgan fingerprint density at radius 3 is 2.71 bits per heavy atom. The van der Waals surface area contributed by atoms with Gasteiger partial charge in [-0.15, -0.1) is 12.4 Å². The van der Waals surface area contributed by atoms with Crippen LogP contribution in [0.5, 0.6) is 0 Å². The van der Waals surface area contributed by atoms with Crippen LogP contribution in [0.15, 0.2) is 12.1 Å². The van der Waals surface area contributed by atoms with Crippen molar-refractivity contribution in [3.05, 3.63) is 23.0 Å². The van der Waals surface area contributed by atoms with E-state index < -0.39 is 0 Å². The monoisotopic (exact) mass is 332 g/mol. The summed E-state index contributed by atoms with van der Waals surface area (Å²) < 4.78 is 5.74. The summed E-state index contributed by atoms with van der Waals surface area (Å²) >= 11 is 6.15. The van der Waals surface area contributed by atoms with Crippen molar-refractivity contribution in [3.63, 3.8) is 0 Å². The topological polar surface area (TPSA) is 58.2 Å². The lowest BCUT2D eigenvalue weighted by Gasteiger charge is -2.26. The quantitative estimate of drug-likeness (QED) is 0.739. The molecule has 0 aliphatic carbocycles. The lowest BCUT2D eigenvalue weighted by Crippen LogP contribution is -2.35. The second-order valence-electron chi connectivity index (χ2n) is 5.34. The Balaban J connectivity index is 0.00000161. The molecule has 0 saturated carbocycles. The normalized spacial score (nSPS) is 23.4. The van der Waals surface area contributed by atoms with Crippen molar-refractivity contribution < 1.29 is 4.74 Å². The first-order chi connectivity index (χ1) is 9.81. The van der Waals surface area contributed by atoms with Gasteiger partial charge in [0.25, 0.3) is 0 Å². The van der Waals surface area contributed by atoms with Gasteiger partial charge < -0.3 is 20.7 Å². The highest BCUT2D eigenvalue weighted by Crippen LogP contribution is 2.24. The average molecular weight is 333 g/mol. The molecule has 0 spiro atoms. The van der Waals surface area contributed by atoms with E-state index in [1.165, 1.54) is 0 Å². The third-order valence-electron chi connectivity index (χ3n) is 3.78. The lowest BCUT2D eigenvalue weighted by atomic mass is 10.1. The molecule has 3 rings (SSSR count). The highest BCUT2D eigenvalue weighted by atomic mass is 35.5. The molecular formula is C14H22Cl2N4O. The number of rotatable bonds is 3. The van der Waals surface area contributed by atoms with Crippen LogP contribution < -0.4 is 16.0 Å². The van der Waals surface area contributed by atoms with Crippen LogP contribution in [0.25, 0.3) is 0 Å². The van der Waals surface area contributed by atoms with Gasteiger partial charge in [0.05, 0.1) is 12.3 Å². The van der Waals surface area contributed by atoms with Gasteiger partial charge in [-0.3, -0.25) is 0 Å². The third kappa shape index (κ3) is 4.69. The Kier molecular flexibility index (Phi) is 6.51. The molecule has 1 unspecified atom stereocenters. The minimum Gasteiger partial charge on any atom is -0.382 e. The summed E-state index contributed by atoms with van der Waals surface area (Å²) in [6.07, 6.45) is 2.27. The molecule has 0 aromatic carbocycles.